The third-order valence-electron chi connectivity index (χ3n) is 6.40. The van der Waals surface area contributed by atoms with Crippen LogP contribution >= 0.6 is 0 Å². The molecule has 0 bridgehead atoms. The number of carbonyl (C=O) groups is 1. The number of benzene rings is 1. The average molecular weight is 377 g/mol. The molecule has 2 fully saturated rings. The molecule has 26 heavy (non-hydrogen) atoms. The molecule has 4 rings (SSSR count). The summed E-state index contributed by atoms with van der Waals surface area (Å²) in [5, 5.41) is 0. The van der Waals surface area contributed by atoms with Gasteiger partial charge in [-0.05, 0) is 68.7 Å². The second-order valence-corrected chi connectivity index (χ2v) is 9.99. The van der Waals surface area contributed by atoms with Crippen molar-refractivity contribution in [3.63, 3.8) is 0 Å². The first-order valence-corrected chi connectivity index (χ1v) is 11.3. The van der Waals surface area contributed by atoms with Crippen LogP contribution < -0.4 is 4.90 Å². The SMILES string of the molecule is CC(=O)N1c2ccc(S(=O)(=O)N3CCC[C@@H]4CCCC[C@@H]43)cc2C[C@H]1C. The minimum atomic E-state index is -3.48. The molecule has 6 heteroatoms. The van der Waals surface area contributed by atoms with E-state index in [1.54, 1.807) is 28.3 Å². The summed E-state index contributed by atoms with van der Waals surface area (Å²) in [4.78, 5) is 14.1. The van der Waals surface area contributed by atoms with Crippen LogP contribution in [0.3, 0.4) is 0 Å². The molecule has 0 N–H and O–H groups in total. The van der Waals surface area contributed by atoms with Gasteiger partial charge in [0, 0.05) is 31.2 Å². The monoisotopic (exact) mass is 376 g/mol. The Morgan fingerprint density at radius 2 is 1.85 bits per heavy atom. The maximum absolute atomic E-state index is 13.4. The Bertz CT molecular complexity index is 818. The maximum atomic E-state index is 13.4. The van der Waals surface area contributed by atoms with Crippen LogP contribution in [0.15, 0.2) is 23.1 Å². The van der Waals surface area contributed by atoms with E-state index < -0.39 is 10.0 Å². The van der Waals surface area contributed by atoms with E-state index in [1.165, 1.54) is 6.42 Å². The van der Waals surface area contributed by atoms with Crippen molar-refractivity contribution in [2.75, 3.05) is 11.4 Å². The highest BCUT2D eigenvalue weighted by atomic mass is 32.2. The molecule has 2 aliphatic heterocycles. The first kappa shape index (κ1) is 18.0. The number of sulfonamides is 1. The zero-order chi connectivity index (χ0) is 18.5. The van der Waals surface area contributed by atoms with E-state index in [-0.39, 0.29) is 18.0 Å². The Hall–Kier alpha value is -1.40. The fourth-order valence-corrected chi connectivity index (χ4v) is 7.07. The minimum absolute atomic E-state index is 0.00735. The normalized spacial score (nSPS) is 29.3. The van der Waals surface area contributed by atoms with E-state index in [4.69, 9.17) is 0 Å². The Balaban J connectivity index is 1.67. The van der Waals surface area contributed by atoms with Gasteiger partial charge >= 0.3 is 0 Å². The maximum Gasteiger partial charge on any atom is 0.243 e. The lowest BCUT2D eigenvalue weighted by atomic mass is 9.79. The lowest BCUT2D eigenvalue weighted by molar-refractivity contribution is -0.116. The topological polar surface area (TPSA) is 57.7 Å². The number of anilines is 1. The first-order valence-electron chi connectivity index (χ1n) is 9.84. The second-order valence-electron chi connectivity index (χ2n) is 8.10. The number of rotatable bonds is 2. The number of fused-ring (bicyclic) bond motifs is 2. The van der Waals surface area contributed by atoms with Crippen LogP contribution in [0.5, 0.6) is 0 Å². The molecular formula is C20H28N2O3S. The summed E-state index contributed by atoms with van der Waals surface area (Å²) in [6, 6.07) is 5.56. The summed E-state index contributed by atoms with van der Waals surface area (Å²) in [5.41, 5.74) is 1.82. The fraction of sp³-hybridized carbons (Fsp3) is 0.650. The minimum Gasteiger partial charge on any atom is -0.309 e. The Morgan fingerprint density at radius 1 is 1.12 bits per heavy atom. The van der Waals surface area contributed by atoms with E-state index in [9.17, 15) is 13.2 Å². The van der Waals surface area contributed by atoms with Crippen molar-refractivity contribution in [1.29, 1.82) is 0 Å². The van der Waals surface area contributed by atoms with Crippen molar-refractivity contribution >= 4 is 21.6 Å². The second kappa shape index (κ2) is 6.64. The van der Waals surface area contributed by atoms with Crippen LogP contribution in [0.1, 0.15) is 57.9 Å². The smallest absolute Gasteiger partial charge is 0.243 e. The van der Waals surface area contributed by atoms with Gasteiger partial charge in [-0.3, -0.25) is 4.79 Å². The molecule has 1 aromatic carbocycles. The lowest BCUT2D eigenvalue weighted by Gasteiger charge is -2.43. The van der Waals surface area contributed by atoms with Crippen LogP contribution in [-0.2, 0) is 21.2 Å². The molecule has 3 aliphatic rings. The first-order chi connectivity index (χ1) is 12.4. The Kier molecular flexibility index (Phi) is 4.59. The molecule has 3 atom stereocenters. The van der Waals surface area contributed by atoms with Gasteiger partial charge in [0.25, 0.3) is 0 Å². The molecule has 0 radical (unpaired) electrons. The number of nitrogens with zero attached hydrogens (tertiary/aromatic N) is 2. The van der Waals surface area contributed by atoms with Crippen LogP contribution in [0.25, 0.3) is 0 Å². The van der Waals surface area contributed by atoms with Crippen molar-refractivity contribution in [3.8, 4) is 0 Å². The molecule has 1 aromatic rings. The number of amides is 1. The Morgan fingerprint density at radius 3 is 2.62 bits per heavy atom. The van der Waals surface area contributed by atoms with Crippen molar-refractivity contribution in [3.05, 3.63) is 23.8 Å². The van der Waals surface area contributed by atoms with Crippen LogP contribution in [0, 0.1) is 5.92 Å². The van der Waals surface area contributed by atoms with Crippen molar-refractivity contribution < 1.29 is 13.2 Å². The molecule has 1 amide bonds. The molecule has 0 spiro atoms. The van der Waals surface area contributed by atoms with E-state index in [0.29, 0.717) is 23.8 Å². The van der Waals surface area contributed by atoms with E-state index >= 15 is 0 Å². The largest absolute Gasteiger partial charge is 0.309 e. The quantitative estimate of drug-likeness (QED) is 0.795. The summed E-state index contributed by atoms with van der Waals surface area (Å²) in [7, 11) is -3.48. The predicted octanol–water partition coefficient (Wildman–Crippen LogP) is 3.33. The zero-order valence-electron chi connectivity index (χ0n) is 15.6. The molecule has 5 nitrogen and oxygen atoms in total. The standard InChI is InChI=1S/C20H28N2O3S/c1-14-12-17-13-18(9-10-20(17)22(14)15(2)23)26(24,25)21-11-5-7-16-6-3-4-8-19(16)21/h9-10,13-14,16,19H,3-8,11-12H2,1-2H3/t14-,16+,19+/m1/s1. The number of hydrogen-bond donors (Lipinski definition) is 0. The van der Waals surface area contributed by atoms with Gasteiger partial charge in [-0.25, -0.2) is 8.42 Å². The van der Waals surface area contributed by atoms with E-state index in [2.05, 4.69) is 0 Å². The van der Waals surface area contributed by atoms with E-state index in [0.717, 1.165) is 43.4 Å². The van der Waals surface area contributed by atoms with Crippen molar-refractivity contribution in [2.45, 2.75) is 75.8 Å². The highest BCUT2D eigenvalue weighted by Crippen LogP contribution is 2.39. The summed E-state index contributed by atoms with van der Waals surface area (Å²) < 4.78 is 28.5. The summed E-state index contributed by atoms with van der Waals surface area (Å²) >= 11 is 0. The van der Waals surface area contributed by atoms with Crippen molar-refractivity contribution in [1.82, 2.24) is 4.31 Å². The zero-order valence-corrected chi connectivity index (χ0v) is 16.5. The molecule has 142 valence electrons. The third-order valence-corrected chi connectivity index (χ3v) is 8.33. The van der Waals surface area contributed by atoms with Gasteiger partial charge in [-0.15, -0.1) is 0 Å². The lowest BCUT2D eigenvalue weighted by Crippen LogP contribution is -2.49. The molecular weight excluding hydrogens is 348 g/mol. The molecule has 1 saturated heterocycles. The van der Waals surface area contributed by atoms with Crippen molar-refractivity contribution in [2.24, 2.45) is 5.92 Å². The number of carbonyl (C=O) groups excluding carboxylic acids is 1. The van der Waals surface area contributed by atoms with Gasteiger partial charge < -0.3 is 4.90 Å². The molecule has 0 unspecified atom stereocenters. The van der Waals surface area contributed by atoms with Gasteiger partial charge in [-0.1, -0.05) is 12.8 Å². The highest BCUT2D eigenvalue weighted by Gasteiger charge is 2.40. The predicted molar refractivity (Wildman–Crippen MR) is 102 cm³/mol. The van der Waals surface area contributed by atoms with Crippen LogP contribution in [0.4, 0.5) is 5.69 Å². The van der Waals surface area contributed by atoms with Gasteiger partial charge in [0.15, 0.2) is 0 Å². The van der Waals surface area contributed by atoms with E-state index in [1.807, 2.05) is 13.0 Å². The summed E-state index contributed by atoms with van der Waals surface area (Å²) in [6.45, 7) is 4.20. The Labute approximate surface area is 156 Å². The van der Waals surface area contributed by atoms with Crippen LogP contribution in [-0.4, -0.2) is 37.3 Å². The summed E-state index contributed by atoms with van der Waals surface area (Å²) in [5.74, 6) is 0.530. The molecule has 1 saturated carbocycles. The summed E-state index contributed by atoms with van der Waals surface area (Å²) in [6.07, 6.45) is 7.34. The van der Waals surface area contributed by atoms with Gasteiger partial charge in [0.2, 0.25) is 15.9 Å². The molecule has 1 aliphatic carbocycles. The van der Waals surface area contributed by atoms with Gasteiger partial charge in [0.05, 0.1) is 4.90 Å². The average Bonchev–Trinajstić information content (AvgIpc) is 2.96. The van der Waals surface area contributed by atoms with Crippen LogP contribution in [0.2, 0.25) is 0 Å². The molecule has 2 heterocycles. The highest BCUT2D eigenvalue weighted by molar-refractivity contribution is 7.89. The number of piperidine rings is 1. The van der Waals surface area contributed by atoms with Gasteiger partial charge in [0.1, 0.15) is 0 Å². The fourth-order valence-electron chi connectivity index (χ4n) is 5.26. The molecule has 0 aromatic heterocycles. The van der Waals surface area contributed by atoms with Gasteiger partial charge in [-0.2, -0.15) is 4.31 Å². The third kappa shape index (κ3) is 2.87. The number of hydrogen-bond acceptors (Lipinski definition) is 3.